The maximum Gasteiger partial charge on any atom is 0.472 e. The van der Waals surface area contributed by atoms with Gasteiger partial charge in [0.05, 0.1) is 13.2 Å². The second-order valence-electron chi connectivity index (χ2n) is 16.7. The van der Waals surface area contributed by atoms with Crippen LogP contribution in [0.4, 0.5) is 0 Å². The molecule has 0 saturated carbocycles. The van der Waals surface area contributed by atoms with Gasteiger partial charge in [0.2, 0.25) is 0 Å². The van der Waals surface area contributed by atoms with Gasteiger partial charge in [-0.25, -0.2) is 4.57 Å². The second kappa shape index (κ2) is 46.0. The SMILES string of the molecule is CCCCCCCCCCCCC/C=C/CCC(=O)OC[C@H](COP(=O)(O)OCCN)OC(=O)CCC/C=C/CCCCCCCCCCCCCCCCCCCC. The smallest absolute Gasteiger partial charge is 0.462 e. The van der Waals surface area contributed by atoms with Crippen LogP contribution in [-0.2, 0) is 32.7 Å². The molecule has 0 aliphatic rings. The lowest BCUT2D eigenvalue weighted by Gasteiger charge is -2.19. The minimum atomic E-state index is -4.39. The lowest BCUT2D eigenvalue weighted by molar-refractivity contribution is -0.161. The minimum Gasteiger partial charge on any atom is -0.462 e. The lowest BCUT2D eigenvalue weighted by Crippen LogP contribution is -2.29. The number of nitrogens with two attached hydrogens (primary N) is 1. The molecule has 0 fully saturated rings. The molecule has 0 aromatic heterocycles. The van der Waals surface area contributed by atoms with E-state index in [-0.39, 0.29) is 32.6 Å². The molecule has 2 atom stereocenters. The van der Waals surface area contributed by atoms with E-state index in [1.165, 1.54) is 180 Å². The number of hydrogen-bond donors (Lipinski definition) is 2. The molecule has 10 heteroatoms. The summed E-state index contributed by atoms with van der Waals surface area (Å²) < 4.78 is 32.8. The summed E-state index contributed by atoms with van der Waals surface area (Å²) in [6.45, 7) is 3.70. The number of unbranched alkanes of at least 4 members (excludes halogenated alkanes) is 30. The van der Waals surface area contributed by atoms with Crippen LogP contribution in [0.15, 0.2) is 24.3 Å². The Morgan fingerprint density at radius 3 is 1.27 bits per heavy atom. The van der Waals surface area contributed by atoms with E-state index in [1.807, 2.05) is 6.08 Å². The molecule has 0 rings (SSSR count). The number of rotatable bonds is 47. The fraction of sp³-hybridized carbons (Fsp3) is 0.878. The average molecular weight is 856 g/mol. The molecule has 0 aromatic rings. The van der Waals surface area contributed by atoms with Crippen molar-refractivity contribution in [3.05, 3.63) is 24.3 Å². The fourth-order valence-corrected chi connectivity index (χ4v) is 7.89. The number of carbonyl (C=O) groups excluding carboxylic acids is 2. The van der Waals surface area contributed by atoms with Gasteiger partial charge in [-0.2, -0.15) is 0 Å². The third kappa shape index (κ3) is 45.8. The van der Waals surface area contributed by atoms with Crippen LogP contribution in [0.25, 0.3) is 0 Å². The Labute approximate surface area is 363 Å². The number of phosphoric acid groups is 1. The first-order chi connectivity index (χ1) is 28.8. The molecule has 0 heterocycles. The summed E-state index contributed by atoms with van der Waals surface area (Å²) >= 11 is 0. The van der Waals surface area contributed by atoms with Crippen LogP contribution in [0.2, 0.25) is 0 Å². The van der Waals surface area contributed by atoms with Gasteiger partial charge < -0.3 is 20.1 Å². The summed E-state index contributed by atoms with van der Waals surface area (Å²) in [6.07, 6.45) is 51.0. The van der Waals surface area contributed by atoms with Crippen molar-refractivity contribution < 1.29 is 37.6 Å². The molecule has 0 aliphatic heterocycles. The van der Waals surface area contributed by atoms with Gasteiger partial charge in [-0.1, -0.05) is 212 Å². The summed E-state index contributed by atoms with van der Waals surface area (Å²) in [7, 11) is -4.39. The van der Waals surface area contributed by atoms with E-state index in [4.69, 9.17) is 24.3 Å². The van der Waals surface area contributed by atoms with Crippen molar-refractivity contribution in [1.29, 1.82) is 0 Å². The first kappa shape index (κ1) is 57.5. The molecule has 9 nitrogen and oxygen atoms in total. The lowest BCUT2D eigenvalue weighted by atomic mass is 10.0. The first-order valence-electron chi connectivity index (χ1n) is 24.8. The van der Waals surface area contributed by atoms with Crippen molar-refractivity contribution in [2.75, 3.05) is 26.4 Å². The summed E-state index contributed by atoms with van der Waals surface area (Å²) in [6, 6.07) is 0. The highest BCUT2D eigenvalue weighted by molar-refractivity contribution is 7.47. The van der Waals surface area contributed by atoms with Crippen molar-refractivity contribution in [2.45, 2.75) is 251 Å². The van der Waals surface area contributed by atoms with Crippen molar-refractivity contribution in [2.24, 2.45) is 5.73 Å². The van der Waals surface area contributed by atoms with Gasteiger partial charge in [0.15, 0.2) is 6.10 Å². The van der Waals surface area contributed by atoms with Gasteiger partial charge in [-0.05, 0) is 44.9 Å². The molecular formula is C49H94NO8P. The second-order valence-corrected chi connectivity index (χ2v) is 18.1. The Kier molecular flexibility index (Phi) is 44.8. The van der Waals surface area contributed by atoms with Gasteiger partial charge in [0, 0.05) is 19.4 Å². The van der Waals surface area contributed by atoms with Crippen LogP contribution in [-0.4, -0.2) is 49.3 Å². The maximum atomic E-state index is 12.6. The summed E-state index contributed by atoms with van der Waals surface area (Å²) in [5.74, 6) is -0.913. The van der Waals surface area contributed by atoms with Crippen LogP contribution in [0.1, 0.15) is 245 Å². The summed E-state index contributed by atoms with van der Waals surface area (Å²) in [4.78, 5) is 34.9. The highest BCUT2D eigenvalue weighted by Crippen LogP contribution is 2.43. The van der Waals surface area contributed by atoms with Crippen molar-refractivity contribution in [3.63, 3.8) is 0 Å². The van der Waals surface area contributed by atoms with E-state index < -0.39 is 32.5 Å². The van der Waals surface area contributed by atoms with Crippen LogP contribution < -0.4 is 5.73 Å². The molecule has 1 unspecified atom stereocenters. The molecule has 3 N–H and O–H groups in total. The third-order valence-corrected chi connectivity index (χ3v) is 11.8. The van der Waals surface area contributed by atoms with Crippen molar-refractivity contribution in [3.8, 4) is 0 Å². The van der Waals surface area contributed by atoms with Gasteiger partial charge in [0.25, 0.3) is 0 Å². The van der Waals surface area contributed by atoms with Crippen molar-refractivity contribution >= 4 is 19.8 Å². The zero-order valence-corrected chi connectivity index (χ0v) is 39.4. The molecule has 59 heavy (non-hydrogen) atoms. The van der Waals surface area contributed by atoms with E-state index in [1.54, 1.807) is 0 Å². The Bertz CT molecular complexity index is 1020. The number of ether oxygens (including phenoxy) is 2. The molecular weight excluding hydrogens is 762 g/mol. The molecule has 0 bridgehead atoms. The first-order valence-corrected chi connectivity index (χ1v) is 26.3. The molecule has 0 saturated heterocycles. The highest BCUT2D eigenvalue weighted by atomic mass is 31.2. The molecule has 0 radical (unpaired) electrons. The van der Waals surface area contributed by atoms with Crippen molar-refractivity contribution in [1.82, 2.24) is 0 Å². The number of carbonyl (C=O) groups is 2. The number of hydrogen-bond acceptors (Lipinski definition) is 8. The van der Waals surface area contributed by atoms with E-state index in [2.05, 4.69) is 32.1 Å². The Balaban J connectivity index is 4.08. The van der Waals surface area contributed by atoms with Crippen LogP contribution in [0.5, 0.6) is 0 Å². The summed E-state index contributed by atoms with van der Waals surface area (Å²) in [5.41, 5.74) is 5.35. The molecule has 0 amide bonds. The monoisotopic (exact) mass is 856 g/mol. The Hall–Kier alpha value is -1.51. The number of esters is 2. The largest absolute Gasteiger partial charge is 0.472 e. The van der Waals surface area contributed by atoms with E-state index in [9.17, 15) is 19.0 Å². The Morgan fingerprint density at radius 2 is 0.864 bits per heavy atom. The number of phosphoric ester groups is 1. The van der Waals surface area contributed by atoms with Crippen LogP contribution in [0.3, 0.4) is 0 Å². The standard InChI is InChI=1S/C49H94NO8P/c1-3-5-7-9-11-13-15-17-19-20-21-22-23-24-25-26-28-30-32-34-36-38-40-42-49(52)58-47(46-57-59(53,54)56-44-43-50)45-55-48(51)41-39-37-35-33-31-29-27-18-16-14-12-10-8-6-4-2/h34-37,47H,3-33,38-46,50H2,1-2H3,(H,53,54)/b36-34+,37-35+/t47-/m1/s1. The van der Waals surface area contributed by atoms with Crippen LogP contribution in [0, 0.1) is 0 Å². The normalized spacial score (nSPS) is 13.4. The molecule has 0 spiro atoms. The molecule has 0 aliphatic carbocycles. The molecule has 0 aromatic carbocycles. The van der Waals surface area contributed by atoms with Crippen LogP contribution >= 0.6 is 7.82 Å². The Morgan fingerprint density at radius 1 is 0.492 bits per heavy atom. The predicted octanol–water partition coefficient (Wildman–Crippen LogP) is 14.7. The zero-order valence-electron chi connectivity index (χ0n) is 38.5. The van der Waals surface area contributed by atoms with E-state index in [0.29, 0.717) is 12.8 Å². The van der Waals surface area contributed by atoms with Gasteiger partial charge in [-0.15, -0.1) is 0 Å². The zero-order chi connectivity index (χ0) is 43.2. The maximum absolute atomic E-state index is 12.6. The summed E-state index contributed by atoms with van der Waals surface area (Å²) in [5, 5.41) is 0. The quantitative estimate of drug-likeness (QED) is 0.0265. The average Bonchev–Trinajstić information content (AvgIpc) is 3.22. The van der Waals surface area contributed by atoms with Gasteiger partial charge >= 0.3 is 19.8 Å². The highest BCUT2D eigenvalue weighted by Gasteiger charge is 2.25. The third-order valence-electron chi connectivity index (χ3n) is 10.8. The number of allylic oxidation sites excluding steroid dienone is 4. The predicted molar refractivity (Wildman–Crippen MR) is 247 cm³/mol. The topological polar surface area (TPSA) is 134 Å². The fourth-order valence-electron chi connectivity index (χ4n) is 7.13. The van der Waals surface area contributed by atoms with E-state index in [0.717, 1.165) is 25.7 Å². The minimum absolute atomic E-state index is 0.0473. The van der Waals surface area contributed by atoms with Gasteiger partial charge in [0.1, 0.15) is 6.61 Å². The van der Waals surface area contributed by atoms with Gasteiger partial charge in [-0.3, -0.25) is 18.6 Å². The van der Waals surface area contributed by atoms with E-state index >= 15 is 0 Å². The molecule has 348 valence electrons.